The van der Waals surface area contributed by atoms with Crippen molar-refractivity contribution in [2.75, 3.05) is 26.4 Å². The van der Waals surface area contributed by atoms with E-state index in [0.717, 1.165) is 47.9 Å². The number of hydrogen-bond acceptors (Lipinski definition) is 6. The smallest absolute Gasteiger partial charge is 0.344 e. The molecule has 34 heavy (non-hydrogen) atoms. The molecule has 0 spiro atoms. The molecule has 8 heteroatoms. The van der Waals surface area contributed by atoms with Gasteiger partial charge in [0.2, 0.25) is 0 Å². The van der Waals surface area contributed by atoms with E-state index in [9.17, 15) is 9.59 Å². The van der Waals surface area contributed by atoms with E-state index in [-0.39, 0.29) is 13.2 Å². The Kier molecular flexibility index (Phi) is 11.5. The monoisotopic (exact) mass is 510 g/mol. The first-order valence-electron chi connectivity index (χ1n) is 11.3. The number of carbonyl (C=O) groups excluding carboxylic acids is 2. The number of unbranched alkanes of at least 4 members (excludes halogenated alkanes) is 3. The summed E-state index contributed by atoms with van der Waals surface area (Å²) in [7, 11) is 0. The van der Waals surface area contributed by atoms with Gasteiger partial charge in [-0.3, -0.25) is 0 Å². The van der Waals surface area contributed by atoms with Crippen LogP contribution in [0.1, 0.15) is 47.9 Å². The molecule has 0 amide bonds. The van der Waals surface area contributed by atoms with Crippen molar-refractivity contribution in [1.82, 2.24) is 0 Å². The molecule has 0 atom stereocenters. The van der Waals surface area contributed by atoms with Crippen LogP contribution in [0.2, 0.25) is 10.0 Å². The predicted octanol–water partition coefficient (Wildman–Crippen LogP) is 6.33. The topological polar surface area (TPSA) is 71.1 Å². The fraction of sp³-hybridized carbons (Fsp3) is 0.462. The number of aryl methyl sites for hydroxylation is 4. The molecule has 0 bridgehead atoms. The molecule has 0 aliphatic carbocycles. The molecule has 6 nitrogen and oxygen atoms in total. The lowest BCUT2D eigenvalue weighted by Crippen LogP contribution is -2.16. The van der Waals surface area contributed by atoms with Crippen LogP contribution >= 0.6 is 23.2 Å². The maximum absolute atomic E-state index is 11.8. The number of halogens is 2. The summed E-state index contributed by atoms with van der Waals surface area (Å²) in [6, 6.07) is 7.17. The quantitative estimate of drug-likeness (QED) is 0.231. The van der Waals surface area contributed by atoms with E-state index >= 15 is 0 Å². The standard InChI is InChI=1S/C26H32Cl2O6/c1-17-11-21(12-18(2)25(17)27)33-15-23(29)31-9-7-5-6-8-10-32-24(30)16-34-22-13-19(3)26(28)20(4)14-22/h11-14H,5-10,15-16H2,1-4H3. The summed E-state index contributed by atoms with van der Waals surface area (Å²) in [5, 5.41) is 1.39. The van der Waals surface area contributed by atoms with Crippen LogP contribution in [0.5, 0.6) is 11.5 Å². The van der Waals surface area contributed by atoms with Crippen LogP contribution in [0.4, 0.5) is 0 Å². The third-order valence-electron chi connectivity index (χ3n) is 5.10. The largest absolute Gasteiger partial charge is 0.482 e. The van der Waals surface area contributed by atoms with Gasteiger partial charge in [0, 0.05) is 10.0 Å². The van der Waals surface area contributed by atoms with Crippen LogP contribution in [-0.2, 0) is 19.1 Å². The Morgan fingerprint density at radius 2 is 0.941 bits per heavy atom. The molecular formula is C26H32Cl2O6. The van der Waals surface area contributed by atoms with E-state index in [4.69, 9.17) is 42.1 Å². The fourth-order valence-corrected chi connectivity index (χ4v) is 3.49. The van der Waals surface area contributed by atoms with Gasteiger partial charge in [-0.15, -0.1) is 0 Å². The van der Waals surface area contributed by atoms with Crippen molar-refractivity contribution in [2.45, 2.75) is 53.4 Å². The molecule has 0 radical (unpaired) electrons. The van der Waals surface area contributed by atoms with Gasteiger partial charge in [0.05, 0.1) is 13.2 Å². The molecule has 2 aromatic carbocycles. The number of rotatable bonds is 13. The minimum atomic E-state index is -0.412. The summed E-state index contributed by atoms with van der Waals surface area (Å²) in [5.74, 6) is 0.361. The number of esters is 2. The van der Waals surface area contributed by atoms with Gasteiger partial charge >= 0.3 is 11.9 Å². The highest BCUT2D eigenvalue weighted by atomic mass is 35.5. The second-order valence-electron chi connectivity index (χ2n) is 8.17. The minimum Gasteiger partial charge on any atom is -0.482 e. The highest BCUT2D eigenvalue weighted by Gasteiger charge is 2.09. The van der Waals surface area contributed by atoms with Crippen molar-refractivity contribution < 1.29 is 28.5 Å². The molecule has 0 aliphatic rings. The SMILES string of the molecule is Cc1cc(OCC(=O)OCCCCCCOC(=O)COc2cc(C)c(Cl)c(C)c2)cc(C)c1Cl. The second-order valence-corrected chi connectivity index (χ2v) is 8.93. The van der Waals surface area contributed by atoms with Gasteiger partial charge in [0.15, 0.2) is 13.2 Å². The Bertz CT molecular complexity index is 864. The number of carbonyl (C=O) groups is 2. The summed E-state index contributed by atoms with van der Waals surface area (Å²) in [6.45, 7) is 7.91. The average molecular weight is 511 g/mol. The van der Waals surface area contributed by atoms with Crippen molar-refractivity contribution >= 4 is 35.1 Å². The van der Waals surface area contributed by atoms with E-state index in [1.54, 1.807) is 24.3 Å². The highest BCUT2D eigenvalue weighted by Crippen LogP contribution is 2.26. The third-order valence-corrected chi connectivity index (χ3v) is 6.29. The predicted molar refractivity (Wildman–Crippen MR) is 133 cm³/mol. The number of ether oxygens (including phenoxy) is 4. The first kappa shape index (κ1) is 27.8. The lowest BCUT2D eigenvalue weighted by molar-refractivity contribution is -0.147. The van der Waals surface area contributed by atoms with Crippen LogP contribution in [0.3, 0.4) is 0 Å². The van der Waals surface area contributed by atoms with Crippen molar-refractivity contribution in [3.8, 4) is 11.5 Å². The highest BCUT2D eigenvalue weighted by molar-refractivity contribution is 6.32. The van der Waals surface area contributed by atoms with E-state index < -0.39 is 11.9 Å². The first-order chi connectivity index (χ1) is 16.2. The molecule has 0 fully saturated rings. The third kappa shape index (κ3) is 9.43. The lowest BCUT2D eigenvalue weighted by atomic mass is 10.1. The Labute approximate surface area is 211 Å². The maximum Gasteiger partial charge on any atom is 0.344 e. The molecule has 0 aromatic heterocycles. The van der Waals surface area contributed by atoms with Crippen LogP contribution in [-0.4, -0.2) is 38.4 Å². The summed E-state index contributed by atoms with van der Waals surface area (Å²) in [4.78, 5) is 23.7. The molecule has 0 heterocycles. The van der Waals surface area contributed by atoms with Crippen LogP contribution in [0.15, 0.2) is 24.3 Å². The van der Waals surface area contributed by atoms with Crippen molar-refractivity contribution in [2.24, 2.45) is 0 Å². The first-order valence-corrected chi connectivity index (χ1v) is 12.0. The molecule has 0 aliphatic heterocycles. The number of hydrogen-bond donors (Lipinski definition) is 0. The normalized spacial score (nSPS) is 10.6. The molecular weight excluding hydrogens is 479 g/mol. The molecule has 0 saturated heterocycles. The Hall–Kier alpha value is -2.44. The number of benzene rings is 2. The van der Waals surface area contributed by atoms with Crippen molar-refractivity contribution in [3.63, 3.8) is 0 Å². The summed E-state index contributed by atoms with van der Waals surface area (Å²) >= 11 is 12.3. The zero-order valence-corrected chi connectivity index (χ0v) is 21.7. The Balaban J connectivity index is 1.49. The van der Waals surface area contributed by atoms with Gasteiger partial charge in [0.1, 0.15) is 11.5 Å². The fourth-order valence-electron chi connectivity index (χ4n) is 3.28. The van der Waals surface area contributed by atoms with Crippen LogP contribution < -0.4 is 9.47 Å². The molecule has 0 unspecified atom stereocenters. The zero-order chi connectivity index (χ0) is 25.1. The molecule has 2 rings (SSSR count). The van der Waals surface area contributed by atoms with Gasteiger partial charge in [-0.05, 0) is 99.9 Å². The van der Waals surface area contributed by atoms with Crippen molar-refractivity contribution in [1.29, 1.82) is 0 Å². The van der Waals surface area contributed by atoms with Gasteiger partial charge < -0.3 is 18.9 Å². The molecule has 0 N–H and O–H groups in total. The summed E-state index contributed by atoms with van der Waals surface area (Å²) in [6.07, 6.45) is 3.19. The van der Waals surface area contributed by atoms with Crippen LogP contribution in [0, 0.1) is 27.7 Å². The Morgan fingerprint density at radius 1 is 0.618 bits per heavy atom. The van der Waals surface area contributed by atoms with E-state index in [2.05, 4.69) is 0 Å². The molecule has 0 saturated carbocycles. The van der Waals surface area contributed by atoms with E-state index in [0.29, 0.717) is 34.8 Å². The lowest BCUT2D eigenvalue weighted by Gasteiger charge is -2.10. The van der Waals surface area contributed by atoms with Gasteiger partial charge in [-0.25, -0.2) is 9.59 Å². The van der Waals surface area contributed by atoms with Gasteiger partial charge in [-0.1, -0.05) is 23.2 Å². The summed E-state index contributed by atoms with van der Waals surface area (Å²) in [5.41, 5.74) is 3.59. The summed E-state index contributed by atoms with van der Waals surface area (Å²) < 4.78 is 21.3. The Morgan fingerprint density at radius 3 is 1.26 bits per heavy atom. The molecule has 2 aromatic rings. The van der Waals surface area contributed by atoms with Gasteiger partial charge in [0.25, 0.3) is 0 Å². The maximum atomic E-state index is 11.8. The second kappa shape index (κ2) is 14.1. The minimum absolute atomic E-state index is 0.145. The molecule has 186 valence electrons. The van der Waals surface area contributed by atoms with E-state index in [1.807, 2.05) is 27.7 Å². The van der Waals surface area contributed by atoms with Crippen LogP contribution in [0.25, 0.3) is 0 Å². The van der Waals surface area contributed by atoms with E-state index in [1.165, 1.54) is 0 Å². The van der Waals surface area contributed by atoms with Gasteiger partial charge in [-0.2, -0.15) is 0 Å². The average Bonchev–Trinajstić information content (AvgIpc) is 2.79. The van der Waals surface area contributed by atoms with Crippen molar-refractivity contribution in [3.05, 3.63) is 56.6 Å². The zero-order valence-electron chi connectivity index (χ0n) is 20.2.